The first-order valence-corrected chi connectivity index (χ1v) is 7.36. The lowest BCUT2D eigenvalue weighted by Gasteiger charge is -2.41. The van der Waals surface area contributed by atoms with E-state index in [-0.39, 0.29) is 17.5 Å². The van der Waals surface area contributed by atoms with Gasteiger partial charge in [0, 0.05) is 31.6 Å². The third kappa shape index (κ3) is 4.15. The second-order valence-electron chi connectivity index (χ2n) is 6.46. The van der Waals surface area contributed by atoms with Gasteiger partial charge in [-0.25, -0.2) is 0 Å². The van der Waals surface area contributed by atoms with Gasteiger partial charge in [0.05, 0.1) is 11.7 Å². The van der Waals surface area contributed by atoms with Gasteiger partial charge < -0.3 is 4.74 Å². The number of carbonyl (C=O) groups is 1. The van der Waals surface area contributed by atoms with Crippen molar-refractivity contribution in [2.24, 2.45) is 0 Å². The summed E-state index contributed by atoms with van der Waals surface area (Å²) in [4.78, 5) is 14.5. The molecule has 0 amide bonds. The quantitative estimate of drug-likeness (QED) is 0.791. The molecular weight excluding hydrogens is 250 g/mol. The normalized spacial score (nSPS) is 22.7. The van der Waals surface area contributed by atoms with Gasteiger partial charge in [-0.15, -0.1) is 0 Å². The molecule has 3 heteroatoms. The Balaban J connectivity index is 1.88. The molecule has 0 spiro atoms. The highest BCUT2D eigenvalue weighted by atomic mass is 16.5. The Labute approximate surface area is 121 Å². The van der Waals surface area contributed by atoms with Crippen molar-refractivity contribution in [1.29, 1.82) is 0 Å². The minimum Gasteiger partial charge on any atom is -0.370 e. The topological polar surface area (TPSA) is 29.5 Å². The van der Waals surface area contributed by atoms with Crippen molar-refractivity contribution >= 4 is 5.78 Å². The van der Waals surface area contributed by atoms with Gasteiger partial charge in [-0.3, -0.25) is 9.69 Å². The van der Waals surface area contributed by atoms with Crippen LogP contribution in [-0.4, -0.2) is 42.0 Å². The molecule has 0 N–H and O–H groups in total. The number of nitrogens with zero attached hydrogens (tertiary/aromatic N) is 1. The molecule has 1 fully saturated rings. The Hall–Kier alpha value is -1.19. The standard InChI is InChI=1S/C17H25NO2/c1-13-5-7-15(8-6-13)16(19)9-10-18-11-14(2)20-17(3,4)12-18/h5-8,14H,9-12H2,1-4H3. The molecule has 1 aliphatic heterocycles. The van der Waals surface area contributed by atoms with E-state index in [1.165, 1.54) is 5.56 Å². The van der Waals surface area contributed by atoms with E-state index in [9.17, 15) is 4.79 Å². The van der Waals surface area contributed by atoms with Gasteiger partial charge in [0.2, 0.25) is 0 Å². The number of morpholine rings is 1. The van der Waals surface area contributed by atoms with Crippen LogP contribution in [0.2, 0.25) is 0 Å². The molecule has 110 valence electrons. The van der Waals surface area contributed by atoms with E-state index in [0.29, 0.717) is 6.42 Å². The van der Waals surface area contributed by atoms with Crippen LogP contribution in [0.25, 0.3) is 0 Å². The van der Waals surface area contributed by atoms with Crippen LogP contribution >= 0.6 is 0 Å². The van der Waals surface area contributed by atoms with E-state index >= 15 is 0 Å². The molecule has 1 aromatic rings. The molecule has 0 saturated carbocycles. The Morgan fingerprint density at radius 2 is 2.00 bits per heavy atom. The van der Waals surface area contributed by atoms with E-state index in [1.807, 2.05) is 31.2 Å². The van der Waals surface area contributed by atoms with E-state index in [2.05, 4.69) is 25.7 Å². The predicted molar refractivity (Wildman–Crippen MR) is 81.2 cm³/mol. The average molecular weight is 275 g/mol. The molecule has 2 rings (SSSR count). The number of ether oxygens (including phenoxy) is 1. The zero-order valence-corrected chi connectivity index (χ0v) is 13.0. The molecule has 3 nitrogen and oxygen atoms in total. The largest absolute Gasteiger partial charge is 0.370 e. The average Bonchev–Trinajstić information content (AvgIpc) is 2.34. The fourth-order valence-corrected chi connectivity index (χ4v) is 2.90. The van der Waals surface area contributed by atoms with E-state index in [4.69, 9.17) is 4.74 Å². The second kappa shape index (κ2) is 6.06. The monoisotopic (exact) mass is 275 g/mol. The number of ketones is 1. The summed E-state index contributed by atoms with van der Waals surface area (Å²) in [6, 6.07) is 7.83. The van der Waals surface area contributed by atoms with Crippen LogP contribution < -0.4 is 0 Å². The summed E-state index contributed by atoms with van der Waals surface area (Å²) in [6.07, 6.45) is 0.805. The Morgan fingerprint density at radius 1 is 1.35 bits per heavy atom. The van der Waals surface area contributed by atoms with E-state index in [1.54, 1.807) is 0 Å². The lowest BCUT2D eigenvalue weighted by atomic mass is 10.0. The first-order valence-electron chi connectivity index (χ1n) is 7.36. The molecule has 0 bridgehead atoms. The third-order valence-corrected chi connectivity index (χ3v) is 3.67. The summed E-state index contributed by atoms with van der Waals surface area (Å²) in [5.74, 6) is 0.224. The highest BCUT2D eigenvalue weighted by molar-refractivity contribution is 5.96. The van der Waals surface area contributed by atoms with Crippen LogP contribution in [0.3, 0.4) is 0 Å². The maximum Gasteiger partial charge on any atom is 0.164 e. The van der Waals surface area contributed by atoms with Gasteiger partial charge in [-0.05, 0) is 27.7 Å². The Morgan fingerprint density at radius 3 is 2.60 bits per heavy atom. The zero-order valence-electron chi connectivity index (χ0n) is 13.0. The SMILES string of the molecule is Cc1ccc(C(=O)CCN2CC(C)OC(C)(C)C2)cc1. The number of hydrogen-bond donors (Lipinski definition) is 0. The summed E-state index contributed by atoms with van der Waals surface area (Å²) in [5, 5.41) is 0. The number of hydrogen-bond acceptors (Lipinski definition) is 3. The zero-order chi connectivity index (χ0) is 14.8. The third-order valence-electron chi connectivity index (χ3n) is 3.67. The molecule has 1 unspecified atom stereocenters. The molecule has 1 atom stereocenters. The molecule has 0 radical (unpaired) electrons. The van der Waals surface area contributed by atoms with Crippen molar-refractivity contribution in [3.63, 3.8) is 0 Å². The van der Waals surface area contributed by atoms with Gasteiger partial charge in [0.15, 0.2) is 5.78 Å². The summed E-state index contributed by atoms with van der Waals surface area (Å²) >= 11 is 0. The molecule has 1 saturated heterocycles. The lowest BCUT2D eigenvalue weighted by Crippen LogP contribution is -2.52. The van der Waals surface area contributed by atoms with Crippen LogP contribution in [0.1, 0.15) is 43.1 Å². The smallest absolute Gasteiger partial charge is 0.164 e. The highest BCUT2D eigenvalue weighted by Crippen LogP contribution is 2.21. The van der Waals surface area contributed by atoms with Gasteiger partial charge in [-0.1, -0.05) is 29.8 Å². The van der Waals surface area contributed by atoms with E-state index < -0.39 is 0 Å². The molecule has 0 aromatic heterocycles. The summed E-state index contributed by atoms with van der Waals surface area (Å²) in [6.45, 7) is 10.9. The Bertz CT molecular complexity index is 464. The molecule has 1 heterocycles. The highest BCUT2D eigenvalue weighted by Gasteiger charge is 2.31. The first-order chi connectivity index (χ1) is 9.35. The maximum absolute atomic E-state index is 12.2. The van der Waals surface area contributed by atoms with Crippen molar-refractivity contribution in [2.45, 2.75) is 45.8 Å². The second-order valence-corrected chi connectivity index (χ2v) is 6.46. The van der Waals surface area contributed by atoms with Crippen LogP contribution in [0, 0.1) is 6.92 Å². The van der Waals surface area contributed by atoms with Gasteiger partial charge in [0.25, 0.3) is 0 Å². The predicted octanol–water partition coefficient (Wildman–Crippen LogP) is 3.07. The number of benzene rings is 1. The van der Waals surface area contributed by atoms with Crippen LogP contribution in [0.15, 0.2) is 24.3 Å². The molecular formula is C17H25NO2. The first kappa shape index (κ1) is 15.2. The van der Waals surface area contributed by atoms with Gasteiger partial charge >= 0.3 is 0 Å². The summed E-state index contributed by atoms with van der Waals surface area (Å²) in [5.41, 5.74) is 1.88. The van der Waals surface area contributed by atoms with Crippen molar-refractivity contribution in [3.8, 4) is 0 Å². The fraction of sp³-hybridized carbons (Fsp3) is 0.588. The lowest BCUT2D eigenvalue weighted by molar-refractivity contribution is -0.128. The van der Waals surface area contributed by atoms with Crippen molar-refractivity contribution in [2.75, 3.05) is 19.6 Å². The number of aryl methyl sites for hydroxylation is 1. The number of carbonyl (C=O) groups excluding carboxylic acids is 1. The summed E-state index contributed by atoms with van der Waals surface area (Å²) < 4.78 is 5.88. The molecule has 1 aliphatic rings. The number of Topliss-reactive ketones (excluding diaryl/α,β-unsaturated/α-hetero) is 1. The maximum atomic E-state index is 12.2. The van der Waals surface area contributed by atoms with Crippen LogP contribution in [0.5, 0.6) is 0 Å². The number of rotatable bonds is 4. The van der Waals surface area contributed by atoms with E-state index in [0.717, 1.165) is 25.2 Å². The fourth-order valence-electron chi connectivity index (χ4n) is 2.90. The minimum absolute atomic E-state index is 0.120. The Kier molecular flexibility index (Phi) is 4.61. The molecule has 20 heavy (non-hydrogen) atoms. The summed E-state index contributed by atoms with van der Waals surface area (Å²) in [7, 11) is 0. The minimum atomic E-state index is -0.120. The van der Waals surface area contributed by atoms with Crippen molar-refractivity contribution in [3.05, 3.63) is 35.4 Å². The molecule has 0 aliphatic carbocycles. The van der Waals surface area contributed by atoms with Gasteiger partial charge in [-0.2, -0.15) is 0 Å². The van der Waals surface area contributed by atoms with Crippen molar-refractivity contribution < 1.29 is 9.53 Å². The van der Waals surface area contributed by atoms with Crippen molar-refractivity contribution in [1.82, 2.24) is 4.90 Å². The van der Waals surface area contributed by atoms with Crippen LogP contribution in [0.4, 0.5) is 0 Å². The van der Waals surface area contributed by atoms with Crippen LogP contribution in [-0.2, 0) is 4.74 Å². The molecule has 1 aromatic carbocycles. The van der Waals surface area contributed by atoms with Gasteiger partial charge in [0.1, 0.15) is 0 Å².